The highest BCUT2D eigenvalue weighted by Gasteiger charge is 2.38. The molecular formula is C19H14ClF6N3O2S. The molecule has 0 bridgehead atoms. The standard InChI is InChI=1S/C19H14ClF6N3O2S/c1-10-15(17(28-27-10)19(24,25)26)8-11-2-3-12(18(21,22)23)9-16(11)29-32(30,31)14-6-4-13(20)5-7-14/h2-7,9,29H,8H2,1H3,(H,27,28). The molecule has 32 heavy (non-hydrogen) atoms. The Morgan fingerprint density at radius 2 is 1.62 bits per heavy atom. The number of aromatic nitrogens is 2. The number of aromatic amines is 1. The first kappa shape index (κ1) is 23.9. The zero-order valence-corrected chi connectivity index (χ0v) is 17.6. The highest BCUT2D eigenvalue weighted by Crippen LogP contribution is 2.36. The number of nitrogens with zero attached hydrogens (tertiary/aromatic N) is 1. The van der Waals surface area contributed by atoms with Gasteiger partial charge >= 0.3 is 12.4 Å². The Bertz CT molecular complexity index is 1240. The predicted molar refractivity (Wildman–Crippen MR) is 105 cm³/mol. The number of H-pyrrole nitrogens is 1. The first-order valence-corrected chi connectivity index (χ1v) is 10.6. The van der Waals surface area contributed by atoms with E-state index in [1.165, 1.54) is 19.1 Å². The molecule has 0 fully saturated rings. The van der Waals surface area contributed by atoms with Gasteiger partial charge in [-0.15, -0.1) is 0 Å². The van der Waals surface area contributed by atoms with Gasteiger partial charge in [0.05, 0.1) is 16.1 Å². The molecule has 0 unspecified atom stereocenters. The lowest BCUT2D eigenvalue weighted by molar-refractivity contribution is -0.141. The van der Waals surface area contributed by atoms with Gasteiger partial charge in [0.15, 0.2) is 5.69 Å². The van der Waals surface area contributed by atoms with E-state index in [9.17, 15) is 34.8 Å². The second-order valence-electron chi connectivity index (χ2n) is 6.78. The molecule has 2 aromatic carbocycles. The van der Waals surface area contributed by atoms with Gasteiger partial charge in [-0.25, -0.2) is 8.42 Å². The number of sulfonamides is 1. The van der Waals surface area contributed by atoms with Crippen molar-refractivity contribution in [1.29, 1.82) is 0 Å². The summed E-state index contributed by atoms with van der Waals surface area (Å²) in [7, 11) is -4.36. The van der Waals surface area contributed by atoms with Crippen molar-refractivity contribution >= 4 is 27.3 Å². The molecule has 0 aliphatic rings. The summed E-state index contributed by atoms with van der Waals surface area (Å²) in [6, 6.07) is 6.94. The van der Waals surface area contributed by atoms with E-state index in [1.54, 1.807) is 0 Å². The van der Waals surface area contributed by atoms with Crippen LogP contribution in [-0.4, -0.2) is 18.6 Å². The van der Waals surface area contributed by atoms with E-state index in [0.29, 0.717) is 12.1 Å². The number of hydrogen-bond acceptors (Lipinski definition) is 3. The maximum atomic E-state index is 13.3. The predicted octanol–water partition coefficient (Wildman–Crippen LogP) is 5.80. The van der Waals surface area contributed by atoms with Crippen LogP contribution in [0.2, 0.25) is 5.02 Å². The van der Waals surface area contributed by atoms with Crippen LogP contribution in [0.5, 0.6) is 0 Å². The van der Waals surface area contributed by atoms with Crippen LogP contribution >= 0.6 is 11.6 Å². The average molecular weight is 498 g/mol. The van der Waals surface area contributed by atoms with E-state index < -0.39 is 45.7 Å². The van der Waals surface area contributed by atoms with Crippen LogP contribution in [0, 0.1) is 6.92 Å². The third-order valence-electron chi connectivity index (χ3n) is 4.52. The smallest absolute Gasteiger partial charge is 0.282 e. The fraction of sp³-hybridized carbons (Fsp3) is 0.211. The van der Waals surface area contributed by atoms with Crippen LogP contribution < -0.4 is 4.72 Å². The molecule has 0 radical (unpaired) electrons. The molecule has 172 valence electrons. The molecule has 0 atom stereocenters. The average Bonchev–Trinajstić information content (AvgIpc) is 3.03. The summed E-state index contributed by atoms with van der Waals surface area (Å²) >= 11 is 5.72. The van der Waals surface area contributed by atoms with Crippen molar-refractivity contribution in [3.8, 4) is 0 Å². The van der Waals surface area contributed by atoms with Gasteiger partial charge in [-0.3, -0.25) is 9.82 Å². The number of aryl methyl sites for hydroxylation is 1. The number of alkyl halides is 6. The zero-order valence-electron chi connectivity index (χ0n) is 16.1. The zero-order chi connectivity index (χ0) is 23.9. The van der Waals surface area contributed by atoms with Crippen LogP contribution in [0.15, 0.2) is 47.4 Å². The maximum absolute atomic E-state index is 13.3. The van der Waals surface area contributed by atoms with E-state index in [1.807, 2.05) is 4.72 Å². The van der Waals surface area contributed by atoms with Crippen molar-refractivity contribution in [3.63, 3.8) is 0 Å². The van der Waals surface area contributed by atoms with Crippen LogP contribution in [0.25, 0.3) is 0 Å². The molecule has 0 spiro atoms. The Morgan fingerprint density at radius 1 is 1.00 bits per heavy atom. The van der Waals surface area contributed by atoms with Crippen LogP contribution in [-0.2, 0) is 28.8 Å². The van der Waals surface area contributed by atoms with Gasteiger partial charge in [0.2, 0.25) is 0 Å². The fourth-order valence-electron chi connectivity index (χ4n) is 2.91. The number of benzene rings is 2. The highest BCUT2D eigenvalue weighted by atomic mass is 35.5. The minimum atomic E-state index is -4.81. The van der Waals surface area contributed by atoms with Gasteiger partial charge in [0.1, 0.15) is 0 Å². The Hall–Kier alpha value is -2.73. The largest absolute Gasteiger partial charge is 0.435 e. The third kappa shape index (κ3) is 5.18. The van der Waals surface area contributed by atoms with Crippen molar-refractivity contribution in [2.24, 2.45) is 0 Å². The van der Waals surface area contributed by atoms with Gasteiger partial charge in [-0.1, -0.05) is 17.7 Å². The highest BCUT2D eigenvalue weighted by molar-refractivity contribution is 7.92. The molecule has 13 heteroatoms. The minimum Gasteiger partial charge on any atom is -0.282 e. The van der Waals surface area contributed by atoms with E-state index in [-0.39, 0.29) is 26.7 Å². The van der Waals surface area contributed by atoms with Gasteiger partial charge < -0.3 is 0 Å². The molecule has 0 saturated carbocycles. The number of anilines is 1. The maximum Gasteiger partial charge on any atom is 0.435 e. The summed E-state index contributed by atoms with van der Waals surface area (Å²) in [5.74, 6) is 0. The molecule has 5 nitrogen and oxygen atoms in total. The first-order valence-electron chi connectivity index (χ1n) is 8.78. The first-order chi connectivity index (χ1) is 14.7. The molecule has 0 amide bonds. The van der Waals surface area contributed by atoms with Crippen molar-refractivity contribution < 1.29 is 34.8 Å². The second kappa shape index (κ2) is 8.32. The summed E-state index contributed by atoms with van der Waals surface area (Å²) in [5, 5.41) is 5.65. The molecule has 1 aromatic heterocycles. The van der Waals surface area contributed by atoms with Gasteiger partial charge in [0, 0.05) is 22.7 Å². The van der Waals surface area contributed by atoms with Crippen LogP contribution in [0.3, 0.4) is 0 Å². The van der Waals surface area contributed by atoms with Crippen molar-refractivity contribution in [1.82, 2.24) is 10.2 Å². The monoisotopic (exact) mass is 497 g/mol. The molecule has 2 N–H and O–H groups in total. The van der Waals surface area contributed by atoms with Gasteiger partial charge in [0.25, 0.3) is 10.0 Å². The van der Waals surface area contributed by atoms with E-state index in [0.717, 1.165) is 18.2 Å². The third-order valence-corrected chi connectivity index (χ3v) is 6.15. The normalized spacial score (nSPS) is 12.8. The number of nitrogens with one attached hydrogen (secondary N) is 2. The van der Waals surface area contributed by atoms with E-state index in [2.05, 4.69) is 10.2 Å². The van der Waals surface area contributed by atoms with Gasteiger partial charge in [-0.2, -0.15) is 31.4 Å². The Balaban J connectivity index is 2.09. The topological polar surface area (TPSA) is 74.8 Å². The molecule has 0 aliphatic carbocycles. The Morgan fingerprint density at radius 3 is 2.19 bits per heavy atom. The van der Waals surface area contributed by atoms with E-state index in [4.69, 9.17) is 11.6 Å². The molecule has 0 aliphatic heterocycles. The molecule has 1 heterocycles. The quantitative estimate of drug-likeness (QED) is 0.437. The number of rotatable bonds is 5. The van der Waals surface area contributed by atoms with Gasteiger partial charge in [-0.05, 0) is 48.9 Å². The lowest BCUT2D eigenvalue weighted by Crippen LogP contribution is -2.16. The number of hydrogen-bond donors (Lipinski definition) is 2. The van der Waals surface area contributed by atoms with Crippen LogP contribution in [0.4, 0.5) is 32.0 Å². The van der Waals surface area contributed by atoms with Crippen molar-refractivity contribution in [2.45, 2.75) is 30.6 Å². The Labute approximate surface area is 183 Å². The second-order valence-corrected chi connectivity index (χ2v) is 8.90. The Kier molecular flexibility index (Phi) is 6.22. The molecule has 3 rings (SSSR count). The molecular weight excluding hydrogens is 484 g/mol. The number of halogens is 7. The summed E-state index contributed by atoms with van der Waals surface area (Å²) < 4.78 is 107. The fourth-order valence-corrected chi connectivity index (χ4v) is 4.13. The molecule has 0 saturated heterocycles. The van der Waals surface area contributed by atoms with E-state index >= 15 is 0 Å². The minimum absolute atomic E-state index is 0.0451. The summed E-state index contributed by atoms with van der Waals surface area (Å²) in [4.78, 5) is -0.291. The van der Waals surface area contributed by atoms with Crippen molar-refractivity contribution in [3.05, 3.63) is 75.6 Å². The van der Waals surface area contributed by atoms with Crippen molar-refractivity contribution in [2.75, 3.05) is 4.72 Å². The van der Waals surface area contributed by atoms with Crippen LogP contribution in [0.1, 0.15) is 28.1 Å². The summed E-state index contributed by atoms with van der Waals surface area (Å²) in [6.07, 6.45) is -10.1. The lowest BCUT2D eigenvalue weighted by atomic mass is 9.99. The summed E-state index contributed by atoms with van der Waals surface area (Å²) in [6.45, 7) is 1.32. The lowest BCUT2D eigenvalue weighted by Gasteiger charge is -2.16. The SMILES string of the molecule is Cc1[nH]nc(C(F)(F)F)c1Cc1ccc(C(F)(F)F)cc1NS(=O)(=O)c1ccc(Cl)cc1. The summed E-state index contributed by atoms with van der Waals surface area (Å²) in [5.41, 5.74) is -3.29. The molecule has 3 aromatic rings.